The molecule has 0 bridgehead atoms. The molecular formula is C28H48N2. The molecule has 0 saturated heterocycles. The van der Waals surface area contributed by atoms with Gasteiger partial charge in [0.1, 0.15) is 6.17 Å². The number of rotatable bonds is 18. The van der Waals surface area contributed by atoms with Crippen LogP contribution in [0.25, 0.3) is 0 Å². The van der Waals surface area contributed by atoms with Gasteiger partial charge in [-0.2, -0.15) is 0 Å². The molecule has 1 aromatic carbocycles. The SMILES string of the molecule is CCCCCCCCCCCCCCCCCN1C=CN(c2ccccc2)C1CC. The summed E-state index contributed by atoms with van der Waals surface area (Å²) in [5.41, 5.74) is 1.31. The molecule has 0 aromatic heterocycles. The van der Waals surface area contributed by atoms with E-state index in [1.54, 1.807) is 0 Å². The highest BCUT2D eigenvalue weighted by Gasteiger charge is 2.24. The Kier molecular flexibility index (Phi) is 13.5. The first-order valence-corrected chi connectivity index (χ1v) is 13.1. The fourth-order valence-electron chi connectivity index (χ4n) is 4.69. The molecule has 1 unspecified atom stereocenters. The van der Waals surface area contributed by atoms with E-state index in [2.05, 4.69) is 66.4 Å². The third-order valence-electron chi connectivity index (χ3n) is 6.56. The third-order valence-corrected chi connectivity index (χ3v) is 6.56. The zero-order chi connectivity index (χ0) is 21.3. The zero-order valence-electron chi connectivity index (χ0n) is 20.0. The molecular weight excluding hydrogens is 364 g/mol. The Morgan fingerprint density at radius 2 is 1.10 bits per heavy atom. The van der Waals surface area contributed by atoms with Crippen LogP contribution in [0.2, 0.25) is 0 Å². The van der Waals surface area contributed by atoms with E-state index < -0.39 is 0 Å². The van der Waals surface area contributed by atoms with Gasteiger partial charge in [0.2, 0.25) is 0 Å². The molecule has 2 heteroatoms. The molecule has 0 spiro atoms. The Labute approximate surface area is 187 Å². The number of hydrogen-bond donors (Lipinski definition) is 0. The average molecular weight is 413 g/mol. The molecule has 0 amide bonds. The van der Waals surface area contributed by atoms with Crippen molar-refractivity contribution in [2.24, 2.45) is 0 Å². The molecule has 0 radical (unpaired) electrons. The van der Waals surface area contributed by atoms with Crippen molar-refractivity contribution in [2.45, 2.75) is 123 Å². The van der Waals surface area contributed by atoms with Gasteiger partial charge in [0.05, 0.1) is 0 Å². The lowest BCUT2D eigenvalue weighted by Gasteiger charge is -2.32. The second-order valence-electron chi connectivity index (χ2n) is 9.12. The molecule has 1 aliphatic rings. The highest BCUT2D eigenvalue weighted by atomic mass is 15.4. The standard InChI is InChI=1S/C28H48N2/c1-3-5-6-7-8-9-10-11-12-13-14-15-16-17-21-24-29-25-26-30(28(29)4-2)27-22-19-18-20-23-27/h18-20,22-23,25-26,28H,3-17,21,24H2,1-2H3. The van der Waals surface area contributed by atoms with E-state index in [0.717, 1.165) is 6.42 Å². The Balaban J connectivity index is 1.42. The van der Waals surface area contributed by atoms with Crippen LogP contribution < -0.4 is 4.90 Å². The molecule has 2 rings (SSSR count). The third kappa shape index (κ3) is 9.58. The van der Waals surface area contributed by atoms with Gasteiger partial charge >= 0.3 is 0 Å². The van der Waals surface area contributed by atoms with Crippen LogP contribution in [0.4, 0.5) is 5.69 Å². The second-order valence-corrected chi connectivity index (χ2v) is 9.12. The maximum Gasteiger partial charge on any atom is 0.105 e. The van der Waals surface area contributed by atoms with Crippen LogP contribution in [0, 0.1) is 0 Å². The fraction of sp³-hybridized carbons (Fsp3) is 0.714. The van der Waals surface area contributed by atoms with E-state index in [4.69, 9.17) is 0 Å². The van der Waals surface area contributed by atoms with Crippen LogP contribution in [0.3, 0.4) is 0 Å². The monoisotopic (exact) mass is 412 g/mol. The first-order valence-electron chi connectivity index (χ1n) is 13.1. The van der Waals surface area contributed by atoms with Crippen LogP contribution in [-0.4, -0.2) is 17.6 Å². The number of hydrogen-bond acceptors (Lipinski definition) is 2. The van der Waals surface area contributed by atoms with Crippen molar-refractivity contribution in [3.05, 3.63) is 42.7 Å². The molecule has 1 aromatic rings. The molecule has 0 saturated carbocycles. The minimum atomic E-state index is 0.485. The van der Waals surface area contributed by atoms with Crippen molar-refractivity contribution in [3.8, 4) is 0 Å². The highest BCUT2D eigenvalue weighted by Crippen LogP contribution is 2.26. The molecule has 1 heterocycles. The van der Waals surface area contributed by atoms with Gasteiger partial charge in [-0.3, -0.25) is 0 Å². The summed E-state index contributed by atoms with van der Waals surface area (Å²) in [6, 6.07) is 10.8. The largest absolute Gasteiger partial charge is 0.356 e. The van der Waals surface area contributed by atoms with Crippen molar-refractivity contribution in [1.29, 1.82) is 0 Å². The Morgan fingerprint density at radius 1 is 0.600 bits per heavy atom. The van der Waals surface area contributed by atoms with E-state index in [9.17, 15) is 0 Å². The summed E-state index contributed by atoms with van der Waals surface area (Å²) in [5, 5.41) is 0. The molecule has 1 atom stereocenters. The van der Waals surface area contributed by atoms with Gasteiger partial charge in [0.25, 0.3) is 0 Å². The van der Waals surface area contributed by atoms with Gasteiger partial charge in [0.15, 0.2) is 0 Å². The summed E-state index contributed by atoms with van der Waals surface area (Å²) in [6.07, 6.45) is 27.7. The van der Waals surface area contributed by atoms with Crippen LogP contribution in [-0.2, 0) is 0 Å². The van der Waals surface area contributed by atoms with E-state index in [-0.39, 0.29) is 0 Å². The summed E-state index contributed by atoms with van der Waals surface area (Å²) in [7, 11) is 0. The molecule has 30 heavy (non-hydrogen) atoms. The molecule has 1 aliphatic heterocycles. The maximum atomic E-state index is 2.54. The van der Waals surface area contributed by atoms with Crippen LogP contribution in [0.5, 0.6) is 0 Å². The number of benzene rings is 1. The summed E-state index contributed by atoms with van der Waals surface area (Å²) >= 11 is 0. The van der Waals surface area contributed by atoms with E-state index in [1.165, 1.54) is 109 Å². The van der Waals surface area contributed by atoms with Crippen LogP contribution >= 0.6 is 0 Å². The van der Waals surface area contributed by atoms with Crippen LogP contribution in [0.1, 0.15) is 117 Å². The summed E-state index contributed by atoms with van der Waals surface area (Å²) < 4.78 is 0. The van der Waals surface area contributed by atoms with Gasteiger partial charge in [0, 0.05) is 24.6 Å². The number of anilines is 1. The Morgan fingerprint density at radius 3 is 1.60 bits per heavy atom. The van der Waals surface area contributed by atoms with Crippen molar-refractivity contribution in [2.75, 3.05) is 11.4 Å². The van der Waals surface area contributed by atoms with Gasteiger partial charge in [-0.25, -0.2) is 0 Å². The Bertz CT molecular complexity index is 539. The average Bonchev–Trinajstić information content (AvgIpc) is 3.20. The topological polar surface area (TPSA) is 6.48 Å². The maximum absolute atomic E-state index is 2.54. The van der Waals surface area contributed by atoms with Crippen molar-refractivity contribution < 1.29 is 0 Å². The highest BCUT2D eigenvalue weighted by molar-refractivity contribution is 5.51. The first kappa shape index (κ1) is 24.8. The predicted octanol–water partition coefficient (Wildman–Crippen LogP) is 8.89. The van der Waals surface area contributed by atoms with Gasteiger partial charge in [-0.1, -0.05) is 122 Å². The van der Waals surface area contributed by atoms with Crippen LogP contribution in [0.15, 0.2) is 42.7 Å². The normalized spacial score (nSPS) is 16.0. The van der Waals surface area contributed by atoms with Crippen molar-refractivity contribution >= 4 is 5.69 Å². The minimum absolute atomic E-state index is 0.485. The first-order chi connectivity index (χ1) is 14.9. The van der Waals surface area contributed by atoms with E-state index >= 15 is 0 Å². The van der Waals surface area contributed by atoms with Gasteiger partial charge in [-0.15, -0.1) is 0 Å². The smallest absolute Gasteiger partial charge is 0.105 e. The molecule has 2 nitrogen and oxygen atoms in total. The number of nitrogens with zero attached hydrogens (tertiary/aromatic N) is 2. The minimum Gasteiger partial charge on any atom is -0.356 e. The van der Waals surface area contributed by atoms with Crippen molar-refractivity contribution in [3.63, 3.8) is 0 Å². The van der Waals surface area contributed by atoms with Gasteiger partial charge < -0.3 is 9.80 Å². The summed E-state index contributed by atoms with van der Waals surface area (Å²) in [6.45, 7) is 5.79. The Hall–Kier alpha value is -1.44. The van der Waals surface area contributed by atoms with Gasteiger partial charge in [-0.05, 0) is 25.0 Å². The molecule has 0 aliphatic carbocycles. The van der Waals surface area contributed by atoms with E-state index in [1.807, 2.05) is 0 Å². The lowest BCUT2D eigenvalue weighted by Crippen LogP contribution is -2.38. The molecule has 0 N–H and O–H groups in total. The zero-order valence-corrected chi connectivity index (χ0v) is 20.0. The summed E-state index contributed by atoms with van der Waals surface area (Å²) in [5.74, 6) is 0. The second kappa shape index (κ2) is 16.3. The molecule has 0 fully saturated rings. The lowest BCUT2D eigenvalue weighted by molar-refractivity contribution is 0.285. The number of unbranched alkanes of at least 4 members (excludes halogenated alkanes) is 14. The molecule has 170 valence electrons. The van der Waals surface area contributed by atoms with Crippen molar-refractivity contribution in [1.82, 2.24) is 4.90 Å². The lowest BCUT2D eigenvalue weighted by atomic mass is 10.0. The predicted molar refractivity (Wildman–Crippen MR) is 134 cm³/mol. The number of para-hydroxylation sites is 1. The van der Waals surface area contributed by atoms with E-state index in [0.29, 0.717) is 6.17 Å². The quantitative estimate of drug-likeness (QED) is 0.222. The fourth-order valence-corrected chi connectivity index (χ4v) is 4.69. The summed E-state index contributed by atoms with van der Waals surface area (Å²) in [4.78, 5) is 4.96.